The van der Waals surface area contributed by atoms with Gasteiger partial charge >= 0.3 is 0 Å². The number of hydrogen-bond donors (Lipinski definition) is 1. The standard InChI is InChI=1S/C30H38N4O3/c1-37-27-11-5-10-25(27)28(35)32-26(24-8-3-2-4-9-24)12-17-33-18-13-30(14-19-33)15-20-34(29(30)36)22-23-7-6-16-31-21-23/h2-4,6-9,16,21,26H,5,10-15,17-20,22H2,1H3,(H,32,35)/t26-/m0/s1. The van der Waals surface area contributed by atoms with Crippen LogP contribution in [0.5, 0.6) is 0 Å². The van der Waals surface area contributed by atoms with Gasteiger partial charge in [0, 0.05) is 38.4 Å². The van der Waals surface area contributed by atoms with E-state index in [0.717, 1.165) is 93.6 Å². The summed E-state index contributed by atoms with van der Waals surface area (Å²) < 4.78 is 5.46. The van der Waals surface area contributed by atoms with Crippen molar-refractivity contribution in [3.8, 4) is 0 Å². The van der Waals surface area contributed by atoms with Gasteiger partial charge in [-0.2, -0.15) is 0 Å². The van der Waals surface area contributed by atoms with Crippen LogP contribution in [0.4, 0.5) is 0 Å². The summed E-state index contributed by atoms with van der Waals surface area (Å²) in [5, 5.41) is 3.29. The van der Waals surface area contributed by atoms with Gasteiger partial charge in [0.1, 0.15) is 5.76 Å². The minimum absolute atomic E-state index is 0.00828. The minimum atomic E-state index is -0.211. The fourth-order valence-electron chi connectivity index (χ4n) is 6.17. The van der Waals surface area contributed by atoms with Gasteiger partial charge in [-0.1, -0.05) is 36.4 Å². The van der Waals surface area contributed by atoms with Gasteiger partial charge in [0.05, 0.1) is 24.1 Å². The molecule has 3 aliphatic rings. The molecule has 2 fully saturated rings. The van der Waals surface area contributed by atoms with Crippen molar-refractivity contribution in [1.29, 1.82) is 0 Å². The Hall–Kier alpha value is -3.19. The summed E-state index contributed by atoms with van der Waals surface area (Å²) >= 11 is 0. The number of nitrogens with one attached hydrogen (secondary N) is 1. The van der Waals surface area contributed by atoms with E-state index >= 15 is 0 Å². The van der Waals surface area contributed by atoms with E-state index in [1.165, 1.54) is 0 Å². The Morgan fingerprint density at radius 1 is 1.08 bits per heavy atom. The van der Waals surface area contributed by atoms with Gasteiger partial charge in [0.15, 0.2) is 0 Å². The summed E-state index contributed by atoms with van der Waals surface area (Å²) in [7, 11) is 1.65. The third-order valence-corrected chi connectivity index (χ3v) is 8.44. The topological polar surface area (TPSA) is 74.8 Å². The van der Waals surface area contributed by atoms with Gasteiger partial charge in [-0.3, -0.25) is 14.6 Å². The quantitative estimate of drug-likeness (QED) is 0.556. The first kappa shape index (κ1) is 25.5. The maximum absolute atomic E-state index is 13.4. The first-order valence-electron chi connectivity index (χ1n) is 13.6. The summed E-state index contributed by atoms with van der Waals surface area (Å²) in [6.45, 7) is 4.20. The molecule has 5 rings (SSSR count). The molecule has 1 aromatic heterocycles. The lowest BCUT2D eigenvalue weighted by molar-refractivity contribution is -0.139. The zero-order valence-electron chi connectivity index (χ0n) is 21.8. The lowest BCUT2D eigenvalue weighted by Crippen LogP contribution is -2.45. The third-order valence-electron chi connectivity index (χ3n) is 8.44. The molecule has 2 aliphatic heterocycles. The molecule has 7 nitrogen and oxygen atoms in total. The van der Waals surface area contributed by atoms with E-state index in [9.17, 15) is 9.59 Å². The van der Waals surface area contributed by atoms with E-state index in [2.05, 4.69) is 27.3 Å². The number of amides is 2. The molecule has 1 aliphatic carbocycles. The maximum atomic E-state index is 13.4. The van der Waals surface area contributed by atoms with E-state index in [1.807, 2.05) is 41.4 Å². The summed E-state index contributed by atoms with van der Waals surface area (Å²) in [6.07, 6.45) is 9.78. The largest absolute Gasteiger partial charge is 0.501 e. The third kappa shape index (κ3) is 5.72. The number of pyridine rings is 1. The Kier molecular flexibility index (Phi) is 7.89. The maximum Gasteiger partial charge on any atom is 0.251 e. The van der Waals surface area contributed by atoms with Crippen LogP contribution in [0.25, 0.3) is 0 Å². The van der Waals surface area contributed by atoms with Crippen LogP contribution in [0.3, 0.4) is 0 Å². The van der Waals surface area contributed by atoms with Gasteiger partial charge in [0.2, 0.25) is 5.91 Å². The van der Waals surface area contributed by atoms with Gasteiger partial charge in [0.25, 0.3) is 5.91 Å². The number of nitrogens with zero attached hydrogens (tertiary/aromatic N) is 3. The molecule has 3 heterocycles. The van der Waals surface area contributed by atoms with E-state index in [4.69, 9.17) is 4.74 Å². The van der Waals surface area contributed by atoms with E-state index in [1.54, 1.807) is 13.3 Å². The lowest BCUT2D eigenvalue weighted by atomic mass is 9.77. The first-order chi connectivity index (χ1) is 18.1. The Morgan fingerprint density at radius 2 is 1.86 bits per heavy atom. The summed E-state index contributed by atoms with van der Waals surface area (Å²) in [5.74, 6) is 1.12. The number of carbonyl (C=O) groups is 2. The summed E-state index contributed by atoms with van der Waals surface area (Å²) in [5.41, 5.74) is 2.79. The molecular weight excluding hydrogens is 464 g/mol. The molecule has 2 aromatic rings. The van der Waals surface area contributed by atoms with Crippen LogP contribution in [-0.4, -0.2) is 59.9 Å². The summed E-state index contributed by atoms with van der Waals surface area (Å²) in [6, 6.07) is 14.1. The molecule has 1 atom stereocenters. The first-order valence-corrected chi connectivity index (χ1v) is 13.6. The SMILES string of the molecule is COC1=C(C(=O)N[C@@H](CCN2CCC3(CC2)CCN(Cc2cccnc2)C3=O)c2ccccc2)CCC1. The number of allylic oxidation sites excluding steroid dienone is 1. The van der Waals surface area contributed by atoms with Crippen LogP contribution in [0.1, 0.15) is 62.1 Å². The fraction of sp³-hybridized carbons (Fsp3) is 0.500. The smallest absolute Gasteiger partial charge is 0.251 e. The molecule has 196 valence electrons. The highest BCUT2D eigenvalue weighted by molar-refractivity contribution is 5.94. The van der Waals surface area contributed by atoms with Crippen LogP contribution in [-0.2, 0) is 20.9 Å². The number of piperidine rings is 1. The van der Waals surface area contributed by atoms with E-state index in [0.29, 0.717) is 12.5 Å². The molecule has 2 saturated heterocycles. The Labute approximate surface area is 219 Å². The molecule has 1 aromatic carbocycles. The number of benzene rings is 1. The Bertz CT molecular complexity index is 1110. The molecule has 1 N–H and O–H groups in total. The minimum Gasteiger partial charge on any atom is -0.501 e. The van der Waals surface area contributed by atoms with Gasteiger partial charge in [-0.05, 0) is 68.8 Å². The number of aromatic nitrogens is 1. The van der Waals surface area contributed by atoms with Crippen LogP contribution >= 0.6 is 0 Å². The monoisotopic (exact) mass is 502 g/mol. The van der Waals surface area contributed by atoms with Crippen molar-refractivity contribution in [2.75, 3.05) is 33.3 Å². The molecule has 1 spiro atoms. The highest BCUT2D eigenvalue weighted by Gasteiger charge is 2.47. The molecule has 0 radical (unpaired) electrons. The number of ether oxygens (including phenoxy) is 1. The number of rotatable bonds is 9. The lowest BCUT2D eigenvalue weighted by Gasteiger charge is -2.38. The van der Waals surface area contributed by atoms with E-state index in [-0.39, 0.29) is 17.4 Å². The molecule has 7 heteroatoms. The molecule has 0 unspecified atom stereocenters. The predicted molar refractivity (Wildman–Crippen MR) is 142 cm³/mol. The zero-order valence-corrected chi connectivity index (χ0v) is 21.8. The number of likely N-dealkylation sites (tertiary alicyclic amines) is 2. The Morgan fingerprint density at radius 3 is 2.59 bits per heavy atom. The highest BCUT2D eigenvalue weighted by atomic mass is 16.5. The Balaban J connectivity index is 1.17. The number of methoxy groups -OCH3 is 1. The van der Waals surface area contributed by atoms with Crippen LogP contribution in [0.15, 0.2) is 66.2 Å². The second kappa shape index (κ2) is 11.5. The molecular formula is C30H38N4O3. The molecule has 0 bridgehead atoms. The predicted octanol–water partition coefficient (Wildman–Crippen LogP) is 4.23. The number of carbonyl (C=O) groups excluding carboxylic acids is 2. The van der Waals surface area contributed by atoms with Gasteiger partial charge in [-0.25, -0.2) is 0 Å². The van der Waals surface area contributed by atoms with Crippen molar-refractivity contribution >= 4 is 11.8 Å². The average molecular weight is 503 g/mol. The highest BCUT2D eigenvalue weighted by Crippen LogP contribution is 2.42. The second-order valence-corrected chi connectivity index (χ2v) is 10.6. The van der Waals surface area contributed by atoms with Crippen molar-refractivity contribution in [3.05, 3.63) is 77.3 Å². The van der Waals surface area contributed by atoms with Crippen LogP contribution in [0, 0.1) is 5.41 Å². The normalized spacial score (nSPS) is 20.5. The van der Waals surface area contributed by atoms with Crippen molar-refractivity contribution in [3.63, 3.8) is 0 Å². The second-order valence-electron chi connectivity index (χ2n) is 10.6. The molecule has 0 saturated carbocycles. The number of hydrogen-bond acceptors (Lipinski definition) is 5. The van der Waals surface area contributed by atoms with E-state index < -0.39 is 0 Å². The van der Waals surface area contributed by atoms with Crippen molar-refractivity contribution < 1.29 is 14.3 Å². The fourth-order valence-corrected chi connectivity index (χ4v) is 6.17. The average Bonchev–Trinajstić information content (AvgIpc) is 3.54. The van der Waals surface area contributed by atoms with Crippen molar-refractivity contribution in [2.24, 2.45) is 5.41 Å². The van der Waals surface area contributed by atoms with Crippen LogP contribution < -0.4 is 5.32 Å². The van der Waals surface area contributed by atoms with Gasteiger partial charge in [-0.15, -0.1) is 0 Å². The zero-order chi connectivity index (χ0) is 25.7. The van der Waals surface area contributed by atoms with Crippen molar-refractivity contribution in [1.82, 2.24) is 20.1 Å². The molecule has 2 amide bonds. The van der Waals surface area contributed by atoms with Crippen LogP contribution in [0.2, 0.25) is 0 Å². The summed E-state index contributed by atoms with van der Waals surface area (Å²) in [4.78, 5) is 35.1. The van der Waals surface area contributed by atoms with Gasteiger partial charge < -0.3 is 19.9 Å². The van der Waals surface area contributed by atoms with Crippen molar-refractivity contribution in [2.45, 2.75) is 57.5 Å². The molecule has 37 heavy (non-hydrogen) atoms.